The fraction of sp³-hybridized carbons (Fsp3) is 0.583. The molecule has 0 aliphatic rings. The van der Waals surface area contributed by atoms with Crippen molar-refractivity contribution >= 4 is 11.8 Å². The molecule has 100 valence electrons. The zero-order valence-corrected chi connectivity index (χ0v) is 11.0. The Hall–Kier alpha value is -1.72. The van der Waals surface area contributed by atoms with E-state index in [9.17, 15) is 9.18 Å². The first-order valence-corrected chi connectivity index (χ1v) is 5.85. The quantitative estimate of drug-likeness (QED) is 0.813. The highest BCUT2D eigenvalue weighted by Gasteiger charge is 2.25. The second-order valence-corrected chi connectivity index (χ2v) is 4.23. The summed E-state index contributed by atoms with van der Waals surface area (Å²) in [7, 11) is 1.30. The zero-order valence-electron chi connectivity index (χ0n) is 11.0. The smallest absolute Gasteiger partial charge is 0.328 e. The number of carbonyl (C=O) groups is 1. The van der Waals surface area contributed by atoms with Gasteiger partial charge in [-0.1, -0.05) is 20.8 Å². The van der Waals surface area contributed by atoms with E-state index in [0.29, 0.717) is 12.1 Å². The molecule has 1 rings (SSSR count). The lowest BCUT2D eigenvalue weighted by atomic mass is 10.0. The van der Waals surface area contributed by atoms with Crippen LogP contribution in [0.3, 0.4) is 0 Å². The van der Waals surface area contributed by atoms with Crippen molar-refractivity contribution in [3.8, 4) is 0 Å². The summed E-state index contributed by atoms with van der Waals surface area (Å²) in [6.45, 7) is 5.48. The third-order valence-electron chi connectivity index (χ3n) is 2.61. The van der Waals surface area contributed by atoms with Crippen LogP contribution in [0, 0.1) is 11.7 Å². The molecule has 0 spiro atoms. The number of ether oxygens (including phenoxy) is 1. The van der Waals surface area contributed by atoms with E-state index in [1.165, 1.54) is 13.4 Å². The minimum atomic E-state index is -0.635. The molecule has 1 atom stereocenters. The summed E-state index contributed by atoms with van der Waals surface area (Å²) in [6.07, 6.45) is 1.74. The molecule has 0 aromatic carbocycles. The highest BCUT2D eigenvalue weighted by Crippen LogP contribution is 2.17. The van der Waals surface area contributed by atoms with Crippen LogP contribution in [0.2, 0.25) is 0 Å². The van der Waals surface area contributed by atoms with Crippen LogP contribution in [0.25, 0.3) is 0 Å². The fourth-order valence-electron chi connectivity index (χ4n) is 1.53. The number of nitrogens with one attached hydrogen (secondary N) is 1. The van der Waals surface area contributed by atoms with Crippen molar-refractivity contribution in [2.75, 3.05) is 12.4 Å². The van der Waals surface area contributed by atoms with E-state index in [1.807, 2.05) is 13.8 Å². The Morgan fingerprint density at radius 3 is 2.67 bits per heavy atom. The first-order valence-electron chi connectivity index (χ1n) is 5.85. The number of esters is 1. The average molecular weight is 255 g/mol. The van der Waals surface area contributed by atoms with E-state index in [-0.39, 0.29) is 11.7 Å². The molecule has 1 aromatic rings. The van der Waals surface area contributed by atoms with Gasteiger partial charge in [0.05, 0.1) is 12.8 Å². The van der Waals surface area contributed by atoms with Crippen molar-refractivity contribution < 1.29 is 13.9 Å². The number of nitrogens with zero attached hydrogens (tertiary/aromatic N) is 2. The normalized spacial score (nSPS) is 12.3. The molecule has 0 bridgehead atoms. The number of methoxy groups -OCH3 is 1. The van der Waals surface area contributed by atoms with Gasteiger partial charge in [0.25, 0.3) is 0 Å². The molecule has 1 aromatic heterocycles. The summed E-state index contributed by atoms with van der Waals surface area (Å²) >= 11 is 0. The molecule has 0 saturated heterocycles. The third-order valence-corrected chi connectivity index (χ3v) is 2.61. The van der Waals surface area contributed by atoms with Gasteiger partial charge >= 0.3 is 5.97 Å². The minimum absolute atomic E-state index is 0.0333. The molecule has 0 radical (unpaired) electrons. The standard InChI is InChI=1S/C12H18FN3O2/c1-5-8-9(13)11(15-6-14-8)16-10(7(2)3)12(17)18-4/h6-7,10H,5H2,1-4H3,(H,14,15,16). The lowest BCUT2D eigenvalue weighted by molar-refractivity contribution is -0.142. The topological polar surface area (TPSA) is 64.1 Å². The van der Waals surface area contributed by atoms with Crippen molar-refractivity contribution in [2.45, 2.75) is 33.2 Å². The zero-order chi connectivity index (χ0) is 13.7. The van der Waals surface area contributed by atoms with Gasteiger partial charge in [-0.3, -0.25) is 0 Å². The molecular formula is C12H18FN3O2. The number of carbonyl (C=O) groups excluding carboxylic acids is 1. The summed E-state index contributed by atoms with van der Waals surface area (Å²) in [5.41, 5.74) is 0.319. The predicted octanol–water partition coefficient (Wildman–Crippen LogP) is 1.79. The Balaban J connectivity index is 2.97. The summed E-state index contributed by atoms with van der Waals surface area (Å²) in [5.74, 6) is -0.974. The number of hydrogen-bond donors (Lipinski definition) is 1. The van der Waals surface area contributed by atoms with Gasteiger partial charge in [-0.25, -0.2) is 19.2 Å². The maximum absolute atomic E-state index is 13.9. The van der Waals surface area contributed by atoms with Crippen molar-refractivity contribution in [1.82, 2.24) is 9.97 Å². The Kier molecular flexibility index (Phi) is 5.00. The molecule has 1 heterocycles. The van der Waals surface area contributed by atoms with Gasteiger partial charge < -0.3 is 10.1 Å². The van der Waals surface area contributed by atoms with Crippen LogP contribution in [0.5, 0.6) is 0 Å². The Bertz CT molecular complexity index is 424. The van der Waals surface area contributed by atoms with Crippen molar-refractivity contribution in [3.05, 3.63) is 17.8 Å². The van der Waals surface area contributed by atoms with Crippen LogP contribution >= 0.6 is 0 Å². The number of halogens is 1. The largest absolute Gasteiger partial charge is 0.467 e. The number of anilines is 1. The molecule has 0 aliphatic heterocycles. The van der Waals surface area contributed by atoms with Crippen LogP contribution in [0.4, 0.5) is 10.2 Å². The molecule has 18 heavy (non-hydrogen) atoms. The Morgan fingerprint density at radius 2 is 2.17 bits per heavy atom. The third kappa shape index (κ3) is 3.15. The summed E-state index contributed by atoms with van der Waals surface area (Å²) in [5, 5.41) is 2.77. The maximum Gasteiger partial charge on any atom is 0.328 e. The van der Waals surface area contributed by atoms with E-state index < -0.39 is 17.8 Å². The SMILES string of the molecule is CCc1ncnc(NC(C(=O)OC)C(C)C)c1F. The summed E-state index contributed by atoms with van der Waals surface area (Å²) in [6, 6.07) is -0.635. The highest BCUT2D eigenvalue weighted by atomic mass is 19.1. The van der Waals surface area contributed by atoms with Gasteiger partial charge in [-0.15, -0.1) is 0 Å². The second kappa shape index (κ2) is 6.28. The molecule has 1 unspecified atom stereocenters. The van der Waals surface area contributed by atoms with Crippen LogP contribution in [0.1, 0.15) is 26.5 Å². The molecule has 5 nitrogen and oxygen atoms in total. The van der Waals surface area contributed by atoms with Crippen LogP contribution < -0.4 is 5.32 Å². The molecule has 0 fully saturated rings. The minimum Gasteiger partial charge on any atom is -0.467 e. The molecular weight excluding hydrogens is 237 g/mol. The van der Waals surface area contributed by atoms with Gasteiger partial charge in [-0.05, 0) is 12.3 Å². The van der Waals surface area contributed by atoms with Crippen LogP contribution in [0.15, 0.2) is 6.33 Å². The maximum atomic E-state index is 13.9. The van der Waals surface area contributed by atoms with Crippen molar-refractivity contribution in [3.63, 3.8) is 0 Å². The first-order chi connectivity index (χ1) is 8.51. The average Bonchev–Trinajstić information content (AvgIpc) is 2.36. The van der Waals surface area contributed by atoms with Crippen molar-refractivity contribution in [2.24, 2.45) is 5.92 Å². The highest BCUT2D eigenvalue weighted by molar-refractivity contribution is 5.79. The summed E-state index contributed by atoms with van der Waals surface area (Å²) < 4.78 is 18.6. The lowest BCUT2D eigenvalue weighted by Gasteiger charge is -2.20. The number of rotatable bonds is 5. The van der Waals surface area contributed by atoms with E-state index in [2.05, 4.69) is 20.0 Å². The molecule has 1 N–H and O–H groups in total. The monoisotopic (exact) mass is 255 g/mol. The van der Waals surface area contributed by atoms with Gasteiger partial charge in [0.1, 0.15) is 12.4 Å². The van der Waals surface area contributed by atoms with Crippen LogP contribution in [-0.2, 0) is 16.0 Å². The molecule has 0 aliphatic carbocycles. The van der Waals surface area contributed by atoms with E-state index >= 15 is 0 Å². The number of hydrogen-bond acceptors (Lipinski definition) is 5. The fourth-order valence-corrected chi connectivity index (χ4v) is 1.53. The first kappa shape index (κ1) is 14.3. The van der Waals surface area contributed by atoms with Crippen LogP contribution in [-0.4, -0.2) is 29.1 Å². The molecule has 6 heteroatoms. The Labute approximate surface area is 106 Å². The lowest BCUT2D eigenvalue weighted by Crippen LogP contribution is -2.36. The van der Waals surface area contributed by atoms with E-state index in [1.54, 1.807) is 6.92 Å². The molecule has 0 saturated carbocycles. The second-order valence-electron chi connectivity index (χ2n) is 4.23. The number of aryl methyl sites for hydroxylation is 1. The van der Waals surface area contributed by atoms with E-state index in [4.69, 9.17) is 0 Å². The van der Waals surface area contributed by atoms with Gasteiger partial charge in [0.2, 0.25) is 0 Å². The van der Waals surface area contributed by atoms with Gasteiger partial charge in [0.15, 0.2) is 11.6 Å². The Morgan fingerprint density at radius 1 is 1.50 bits per heavy atom. The molecule has 0 amide bonds. The summed E-state index contributed by atoms with van der Waals surface area (Å²) in [4.78, 5) is 19.2. The predicted molar refractivity (Wildman–Crippen MR) is 65.6 cm³/mol. The van der Waals surface area contributed by atoms with Gasteiger partial charge in [0, 0.05) is 0 Å². The van der Waals surface area contributed by atoms with Crippen molar-refractivity contribution in [1.29, 1.82) is 0 Å². The van der Waals surface area contributed by atoms with Gasteiger partial charge in [-0.2, -0.15) is 0 Å². The van der Waals surface area contributed by atoms with E-state index in [0.717, 1.165) is 0 Å². The number of aromatic nitrogens is 2.